The van der Waals surface area contributed by atoms with E-state index in [1.165, 1.54) is 6.08 Å². The predicted molar refractivity (Wildman–Crippen MR) is 63.9 cm³/mol. The minimum absolute atomic E-state index is 0.234. The van der Waals surface area contributed by atoms with Gasteiger partial charge in [0.15, 0.2) is 0 Å². The Labute approximate surface area is 98.6 Å². The van der Waals surface area contributed by atoms with Gasteiger partial charge in [-0.3, -0.25) is 0 Å². The number of nitriles is 2. The summed E-state index contributed by atoms with van der Waals surface area (Å²) >= 11 is 0. The van der Waals surface area contributed by atoms with E-state index < -0.39 is 12.3 Å². The summed E-state index contributed by atoms with van der Waals surface area (Å²) in [5.74, 6) is -1.04. The third-order valence-corrected chi connectivity index (χ3v) is 1.95. The normalized spacial score (nSPS) is 14.4. The van der Waals surface area contributed by atoms with Crippen molar-refractivity contribution in [3.05, 3.63) is 54.6 Å². The molecule has 0 radical (unpaired) electrons. The van der Waals surface area contributed by atoms with Crippen molar-refractivity contribution in [2.75, 3.05) is 0 Å². The van der Waals surface area contributed by atoms with Gasteiger partial charge in [-0.05, 0) is 17.5 Å². The molecular formula is C14H12N2. The number of nitrogens with zero attached hydrogens (tertiary/aromatic N) is 2. The van der Waals surface area contributed by atoms with E-state index in [4.69, 9.17) is 13.3 Å². The van der Waals surface area contributed by atoms with Crippen molar-refractivity contribution in [2.45, 2.75) is 6.37 Å². The Morgan fingerprint density at radius 2 is 2.12 bits per heavy atom. The van der Waals surface area contributed by atoms with Gasteiger partial charge in [-0.1, -0.05) is 43.0 Å². The second-order valence-corrected chi connectivity index (χ2v) is 3.08. The van der Waals surface area contributed by atoms with Gasteiger partial charge in [0.2, 0.25) is 0 Å². The lowest BCUT2D eigenvalue weighted by Gasteiger charge is -2.07. The molecule has 2 heteroatoms. The van der Waals surface area contributed by atoms with Crippen molar-refractivity contribution in [3.63, 3.8) is 0 Å². The van der Waals surface area contributed by atoms with E-state index >= 15 is 0 Å². The second-order valence-electron chi connectivity index (χ2n) is 3.08. The van der Waals surface area contributed by atoms with Gasteiger partial charge in [0.05, 0.1) is 18.1 Å². The van der Waals surface area contributed by atoms with Crippen LogP contribution in [0.5, 0.6) is 0 Å². The Kier molecular flexibility index (Phi) is 3.48. The molecular weight excluding hydrogens is 196 g/mol. The Morgan fingerprint density at radius 3 is 2.69 bits per heavy atom. The molecule has 1 rings (SSSR count). The smallest absolute Gasteiger partial charge is 0.0909 e. The molecule has 0 saturated carbocycles. The Hall–Kier alpha value is -2.32. The SMILES string of the molecule is [2H]C([2H])(C(=C)c1ccccc1)C(C#N)/C=C\C#N. The van der Waals surface area contributed by atoms with Crippen molar-refractivity contribution < 1.29 is 2.74 Å². The van der Waals surface area contributed by atoms with Crippen molar-refractivity contribution in [3.8, 4) is 12.1 Å². The average molecular weight is 210 g/mol. The average Bonchev–Trinajstić information content (AvgIpc) is 2.39. The van der Waals surface area contributed by atoms with Crippen LogP contribution in [0.15, 0.2) is 49.1 Å². The molecule has 0 aliphatic carbocycles. The van der Waals surface area contributed by atoms with Crippen LogP contribution in [-0.4, -0.2) is 0 Å². The maximum atomic E-state index is 8.99. The maximum absolute atomic E-state index is 8.99. The molecule has 0 amide bonds. The highest BCUT2D eigenvalue weighted by Crippen LogP contribution is 2.20. The molecule has 16 heavy (non-hydrogen) atoms. The lowest BCUT2D eigenvalue weighted by atomic mass is 9.96. The van der Waals surface area contributed by atoms with Crippen molar-refractivity contribution in [1.29, 1.82) is 10.5 Å². The van der Waals surface area contributed by atoms with Crippen LogP contribution in [0.3, 0.4) is 0 Å². The van der Waals surface area contributed by atoms with E-state index in [2.05, 4.69) is 6.58 Å². The monoisotopic (exact) mass is 210 g/mol. The lowest BCUT2D eigenvalue weighted by molar-refractivity contribution is 0.862. The fraction of sp³-hybridized carbons (Fsp3) is 0.143. The lowest BCUT2D eigenvalue weighted by Crippen LogP contribution is -1.94. The van der Waals surface area contributed by atoms with Crippen LogP contribution in [-0.2, 0) is 0 Å². The zero-order chi connectivity index (χ0) is 13.6. The van der Waals surface area contributed by atoms with E-state index in [0.717, 1.165) is 6.08 Å². The third kappa shape index (κ3) is 3.44. The molecule has 78 valence electrons. The van der Waals surface area contributed by atoms with Gasteiger partial charge in [-0.15, -0.1) is 0 Å². The largest absolute Gasteiger partial charge is 0.198 e. The summed E-state index contributed by atoms with van der Waals surface area (Å²) in [5.41, 5.74) is 0.880. The van der Waals surface area contributed by atoms with Crippen LogP contribution in [0.2, 0.25) is 0 Å². The summed E-state index contributed by atoms with van der Waals surface area (Å²) in [6, 6.07) is 12.5. The van der Waals surface area contributed by atoms with Gasteiger partial charge in [0.1, 0.15) is 0 Å². The molecule has 2 nitrogen and oxygen atoms in total. The molecule has 1 atom stereocenters. The fourth-order valence-electron chi connectivity index (χ4n) is 1.17. The van der Waals surface area contributed by atoms with Crippen molar-refractivity contribution in [2.24, 2.45) is 5.92 Å². The molecule has 0 N–H and O–H groups in total. The molecule has 0 fully saturated rings. The summed E-state index contributed by atoms with van der Waals surface area (Å²) in [5, 5.41) is 17.4. The van der Waals surface area contributed by atoms with E-state index in [1.54, 1.807) is 30.3 Å². The van der Waals surface area contributed by atoms with Gasteiger partial charge in [-0.25, -0.2) is 0 Å². The minimum atomic E-state index is -1.91. The molecule has 0 heterocycles. The van der Waals surface area contributed by atoms with Crippen LogP contribution in [0, 0.1) is 28.6 Å². The van der Waals surface area contributed by atoms with Crippen molar-refractivity contribution in [1.82, 2.24) is 0 Å². The number of hydrogen-bond acceptors (Lipinski definition) is 2. The first-order chi connectivity index (χ1) is 8.54. The maximum Gasteiger partial charge on any atom is 0.0909 e. The Morgan fingerprint density at radius 1 is 1.44 bits per heavy atom. The van der Waals surface area contributed by atoms with E-state index in [-0.39, 0.29) is 5.57 Å². The zero-order valence-corrected chi connectivity index (χ0v) is 8.72. The Bertz CT molecular complexity index is 533. The van der Waals surface area contributed by atoms with Gasteiger partial charge in [-0.2, -0.15) is 10.5 Å². The summed E-state index contributed by atoms with van der Waals surface area (Å²) in [6.45, 7) is 3.73. The van der Waals surface area contributed by atoms with Crippen LogP contribution in [0.4, 0.5) is 0 Å². The highest BCUT2D eigenvalue weighted by atomic mass is 14.3. The van der Waals surface area contributed by atoms with Crippen LogP contribution in [0.1, 0.15) is 14.7 Å². The van der Waals surface area contributed by atoms with Crippen LogP contribution >= 0.6 is 0 Å². The minimum Gasteiger partial charge on any atom is -0.198 e. The quantitative estimate of drug-likeness (QED) is 0.716. The highest BCUT2D eigenvalue weighted by Gasteiger charge is 2.06. The molecule has 1 aromatic rings. The summed E-state index contributed by atoms with van der Waals surface area (Å²) < 4.78 is 16.0. The van der Waals surface area contributed by atoms with E-state index in [1.807, 2.05) is 12.1 Å². The molecule has 0 bridgehead atoms. The standard InChI is InChI=1S/C14H12N2/c1-12(14-7-3-2-4-8-14)10-13(11-16)6-5-9-15/h2-8,13H,1,10H2/b6-5-/i10D2. The molecule has 1 unspecified atom stereocenters. The van der Waals surface area contributed by atoms with E-state index in [9.17, 15) is 0 Å². The van der Waals surface area contributed by atoms with Gasteiger partial charge in [0.25, 0.3) is 0 Å². The number of benzene rings is 1. The number of hydrogen-bond donors (Lipinski definition) is 0. The van der Waals surface area contributed by atoms with Gasteiger partial charge < -0.3 is 0 Å². The third-order valence-electron chi connectivity index (χ3n) is 1.95. The van der Waals surface area contributed by atoms with Crippen molar-refractivity contribution >= 4 is 5.57 Å². The van der Waals surface area contributed by atoms with Gasteiger partial charge in [0, 0.05) is 8.82 Å². The highest BCUT2D eigenvalue weighted by molar-refractivity contribution is 5.63. The summed E-state index contributed by atoms with van der Waals surface area (Å²) in [6.07, 6.45) is 0.460. The Balaban J connectivity index is 3.07. The molecule has 0 aromatic heterocycles. The first-order valence-corrected chi connectivity index (χ1v) is 4.74. The number of allylic oxidation sites excluding steroid dienone is 3. The summed E-state index contributed by atoms with van der Waals surface area (Å²) in [7, 11) is 0. The predicted octanol–water partition coefficient (Wildman–Crippen LogP) is 3.31. The topological polar surface area (TPSA) is 47.6 Å². The molecule has 0 spiro atoms. The molecule has 0 saturated heterocycles. The molecule has 0 aliphatic rings. The zero-order valence-electron chi connectivity index (χ0n) is 10.7. The first-order valence-electron chi connectivity index (χ1n) is 5.74. The summed E-state index contributed by atoms with van der Waals surface area (Å²) in [4.78, 5) is 0. The number of rotatable bonds is 4. The van der Waals surface area contributed by atoms with Crippen LogP contribution in [0.25, 0.3) is 5.57 Å². The van der Waals surface area contributed by atoms with E-state index in [0.29, 0.717) is 5.56 Å². The molecule has 0 aliphatic heterocycles. The fourth-order valence-corrected chi connectivity index (χ4v) is 1.17. The first kappa shape index (κ1) is 8.95. The van der Waals surface area contributed by atoms with Crippen LogP contribution < -0.4 is 0 Å². The van der Waals surface area contributed by atoms with Gasteiger partial charge >= 0.3 is 0 Å². The molecule has 1 aromatic carbocycles. The second kappa shape index (κ2) is 6.22.